The van der Waals surface area contributed by atoms with E-state index in [9.17, 15) is 13.2 Å². The molecule has 1 amide bonds. The zero-order valence-electron chi connectivity index (χ0n) is 19.5. The Balaban J connectivity index is 1.68. The number of carbonyl (C=O) groups excluding carboxylic acids is 1. The highest BCUT2D eigenvalue weighted by Crippen LogP contribution is 2.31. The van der Waals surface area contributed by atoms with Gasteiger partial charge in [0.05, 0.1) is 17.1 Å². The Kier molecular flexibility index (Phi) is 8.23. The minimum absolute atomic E-state index is 0.0787. The minimum Gasteiger partial charge on any atom is -0.491 e. The number of halogens is 1. The number of sulfonamides is 1. The van der Waals surface area contributed by atoms with Crippen molar-refractivity contribution in [2.45, 2.75) is 31.1 Å². The summed E-state index contributed by atoms with van der Waals surface area (Å²) in [7, 11) is -3.96. The molecule has 0 radical (unpaired) electrons. The van der Waals surface area contributed by atoms with Gasteiger partial charge in [0.25, 0.3) is 10.0 Å². The van der Waals surface area contributed by atoms with Gasteiger partial charge in [-0.25, -0.2) is 8.42 Å². The fourth-order valence-corrected chi connectivity index (χ4v) is 4.96. The molecule has 1 N–H and O–H groups in total. The van der Waals surface area contributed by atoms with Crippen LogP contribution < -0.4 is 14.4 Å². The third kappa shape index (κ3) is 6.52. The molecule has 0 unspecified atom stereocenters. The third-order valence-corrected chi connectivity index (χ3v) is 7.15. The smallest absolute Gasteiger partial charge is 0.264 e. The summed E-state index contributed by atoms with van der Waals surface area (Å²) in [5.41, 5.74) is 1.34. The first-order valence-electron chi connectivity index (χ1n) is 10.9. The molecular weight excluding hydrogens is 472 g/mol. The number of rotatable bonds is 9. The van der Waals surface area contributed by atoms with Gasteiger partial charge < -0.3 is 10.1 Å². The quantitative estimate of drug-likeness (QED) is 0.418. The Morgan fingerprint density at radius 2 is 1.56 bits per heavy atom. The standard InChI is InChI=1S/C26H29ClN2O4S/c1-26(2,3)23-11-7-8-12-24(23)33-18-17-28-25(30)19-29(21-15-13-20(27)14-16-21)34(31,32)22-9-5-4-6-10-22/h4-16H,17-19H2,1-3H3,(H,28,30). The van der Waals surface area contributed by atoms with Crippen LogP contribution >= 0.6 is 11.6 Å². The van der Waals surface area contributed by atoms with Gasteiger partial charge in [0.2, 0.25) is 5.91 Å². The molecule has 0 atom stereocenters. The van der Waals surface area contributed by atoms with Gasteiger partial charge in [-0.2, -0.15) is 0 Å². The molecule has 0 bridgehead atoms. The van der Waals surface area contributed by atoms with Gasteiger partial charge in [0.1, 0.15) is 18.9 Å². The number of amides is 1. The molecule has 0 heterocycles. The van der Waals surface area contributed by atoms with Crippen molar-refractivity contribution >= 4 is 33.2 Å². The Morgan fingerprint density at radius 1 is 0.941 bits per heavy atom. The molecule has 3 rings (SSSR count). The molecule has 0 fully saturated rings. The zero-order valence-corrected chi connectivity index (χ0v) is 21.1. The molecule has 3 aromatic carbocycles. The van der Waals surface area contributed by atoms with Gasteiger partial charge in [-0.1, -0.05) is 68.8 Å². The molecule has 34 heavy (non-hydrogen) atoms. The van der Waals surface area contributed by atoms with Gasteiger partial charge in [0.15, 0.2) is 0 Å². The lowest BCUT2D eigenvalue weighted by atomic mass is 9.86. The molecule has 0 aliphatic rings. The van der Waals surface area contributed by atoms with Crippen LogP contribution in [0.4, 0.5) is 5.69 Å². The molecule has 180 valence electrons. The molecule has 0 saturated heterocycles. The molecule has 0 saturated carbocycles. The van der Waals surface area contributed by atoms with Gasteiger partial charge >= 0.3 is 0 Å². The van der Waals surface area contributed by atoms with E-state index < -0.39 is 15.9 Å². The van der Waals surface area contributed by atoms with E-state index in [0.29, 0.717) is 10.7 Å². The van der Waals surface area contributed by atoms with E-state index in [1.54, 1.807) is 42.5 Å². The maximum atomic E-state index is 13.3. The van der Waals surface area contributed by atoms with E-state index in [0.717, 1.165) is 15.6 Å². The average molecular weight is 501 g/mol. The molecule has 0 aliphatic carbocycles. The van der Waals surface area contributed by atoms with E-state index in [4.69, 9.17) is 16.3 Å². The Morgan fingerprint density at radius 3 is 2.21 bits per heavy atom. The number of ether oxygens (including phenoxy) is 1. The summed E-state index contributed by atoms with van der Waals surface area (Å²) in [5, 5.41) is 3.22. The van der Waals surface area contributed by atoms with Crippen molar-refractivity contribution in [3.63, 3.8) is 0 Å². The van der Waals surface area contributed by atoms with Crippen molar-refractivity contribution in [3.05, 3.63) is 89.4 Å². The third-order valence-electron chi connectivity index (χ3n) is 5.11. The molecule has 6 nitrogen and oxygen atoms in total. The monoisotopic (exact) mass is 500 g/mol. The van der Waals surface area contributed by atoms with Gasteiger partial charge in [0, 0.05) is 5.02 Å². The average Bonchev–Trinajstić information content (AvgIpc) is 2.81. The second kappa shape index (κ2) is 10.9. The number of benzene rings is 3. The number of anilines is 1. The summed E-state index contributed by atoms with van der Waals surface area (Å²) < 4.78 is 33.5. The lowest BCUT2D eigenvalue weighted by molar-refractivity contribution is -0.119. The fraction of sp³-hybridized carbons (Fsp3) is 0.269. The highest BCUT2D eigenvalue weighted by atomic mass is 35.5. The predicted molar refractivity (Wildman–Crippen MR) is 136 cm³/mol. The SMILES string of the molecule is CC(C)(C)c1ccccc1OCCNC(=O)CN(c1ccc(Cl)cc1)S(=O)(=O)c1ccccc1. The van der Waals surface area contributed by atoms with E-state index in [-0.39, 0.29) is 30.0 Å². The first-order chi connectivity index (χ1) is 16.1. The Labute approximate surface area is 206 Å². The number of carbonyl (C=O) groups is 1. The normalized spacial score (nSPS) is 11.6. The summed E-state index contributed by atoms with van der Waals surface area (Å²) in [6, 6.07) is 22.1. The van der Waals surface area contributed by atoms with E-state index >= 15 is 0 Å². The second-order valence-electron chi connectivity index (χ2n) is 8.75. The largest absolute Gasteiger partial charge is 0.491 e. The molecule has 0 aliphatic heterocycles. The van der Waals surface area contributed by atoms with Gasteiger partial charge in [-0.05, 0) is 53.4 Å². The number of para-hydroxylation sites is 1. The first kappa shape index (κ1) is 25.6. The summed E-state index contributed by atoms with van der Waals surface area (Å²) in [4.78, 5) is 12.8. The highest BCUT2D eigenvalue weighted by molar-refractivity contribution is 7.92. The molecule has 0 spiro atoms. The van der Waals surface area contributed by atoms with Crippen LogP contribution in [0.2, 0.25) is 5.02 Å². The first-order valence-corrected chi connectivity index (χ1v) is 12.7. The highest BCUT2D eigenvalue weighted by Gasteiger charge is 2.27. The van der Waals surface area contributed by atoms with Crippen molar-refractivity contribution in [3.8, 4) is 5.75 Å². The number of nitrogens with one attached hydrogen (secondary N) is 1. The number of hydrogen-bond donors (Lipinski definition) is 1. The fourth-order valence-electron chi connectivity index (χ4n) is 3.39. The lowest BCUT2D eigenvalue weighted by Crippen LogP contribution is -2.41. The van der Waals surface area contributed by atoms with Crippen molar-refractivity contribution in [2.75, 3.05) is 24.0 Å². The van der Waals surface area contributed by atoms with Gasteiger partial charge in [-0.15, -0.1) is 0 Å². The maximum absolute atomic E-state index is 13.3. The molecule has 0 aromatic heterocycles. The molecule has 8 heteroatoms. The summed E-state index contributed by atoms with van der Waals surface area (Å²) in [6.07, 6.45) is 0. The van der Waals surface area contributed by atoms with E-state index in [2.05, 4.69) is 26.1 Å². The van der Waals surface area contributed by atoms with Crippen LogP contribution in [0.1, 0.15) is 26.3 Å². The summed E-state index contributed by atoms with van der Waals surface area (Å²) in [6.45, 7) is 6.43. The van der Waals surface area contributed by atoms with Crippen LogP contribution in [0, 0.1) is 0 Å². The van der Waals surface area contributed by atoms with E-state index in [1.165, 1.54) is 12.1 Å². The summed E-state index contributed by atoms with van der Waals surface area (Å²) >= 11 is 5.97. The van der Waals surface area contributed by atoms with Crippen molar-refractivity contribution in [1.29, 1.82) is 0 Å². The van der Waals surface area contributed by atoms with Crippen molar-refractivity contribution in [2.24, 2.45) is 0 Å². The van der Waals surface area contributed by atoms with Crippen LogP contribution in [0.25, 0.3) is 0 Å². The predicted octanol–water partition coefficient (Wildman–Crippen LogP) is 5.03. The maximum Gasteiger partial charge on any atom is 0.264 e. The van der Waals surface area contributed by atoms with Crippen LogP contribution in [0.15, 0.2) is 83.8 Å². The summed E-state index contributed by atoms with van der Waals surface area (Å²) in [5.74, 6) is 0.320. The van der Waals surface area contributed by atoms with Crippen LogP contribution in [-0.4, -0.2) is 34.0 Å². The number of hydrogen-bond acceptors (Lipinski definition) is 4. The zero-order chi connectivity index (χ0) is 24.8. The van der Waals surface area contributed by atoms with Crippen molar-refractivity contribution in [1.82, 2.24) is 5.32 Å². The minimum atomic E-state index is -3.96. The Hall–Kier alpha value is -3.03. The Bertz CT molecular complexity index is 1210. The van der Waals surface area contributed by atoms with Crippen LogP contribution in [0.5, 0.6) is 5.75 Å². The van der Waals surface area contributed by atoms with E-state index in [1.807, 2.05) is 24.3 Å². The van der Waals surface area contributed by atoms with Crippen LogP contribution in [0.3, 0.4) is 0 Å². The molecule has 3 aromatic rings. The molecular formula is C26H29ClN2O4S. The lowest BCUT2D eigenvalue weighted by Gasteiger charge is -2.24. The number of nitrogens with zero attached hydrogens (tertiary/aromatic N) is 1. The van der Waals surface area contributed by atoms with Gasteiger partial charge in [-0.3, -0.25) is 9.10 Å². The van der Waals surface area contributed by atoms with Crippen molar-refractivity contribution < 1.29 is 17.9 Å². The van der Waals surface area contributed by atoms with Crippen LogP contribution in [-0.2, 0) is 20.2 Å². The topological polar surface area (TPSA) is 75.7 Å². The second-order valence-corrected chi connectivity index (χ2v) is 11.0.